The fourth-order valence-corrected chi connectivity index (χ4v) is 2.63. The molecule has 1 atom stereocenters. The van der Waals surface area contributed by atoms with Crippen molar-refractivity contribution in [2.24, 2.45) is 0 Å². The summed E-state index contributed by atoms with van der Waals surface area (Å²) in [6.07, 6.45) is 0. The predicted molar refractivity (Wildman–Crippen MR) is 80.6 cm³/mol. The number of nitrogens with zero attached hydrogens (tertiary/aromatic N) is 2. The minimum absolute atomic E-state index is 0.0310. The quantitative estimate of drug-likeness (QED) is 0.846. The first-order valence-electron chi connectivity index (χ1n) is 7.04. The minimum atomic E-state index is -0.501. The number of rotatable bonds is 6. The van der Waals surface area contributed by atoms with Gasteiger partial charge in [-0.2, -0.15) is 5.10 Å². The molecular formula is C16H23N3O. The van der Waals surface area contributed by atoms with Gasteiger partial charge in [-0.1, -0.05) is 37.3 Å². The maximum Gasteiger partial charge on any atom is 0.0867 e. The van der Waals surface area contributed by atoms with Crippen LogP contribution in [0.4, 0.5) is 0 Å². The molecule has 4 heteroatoms. The second kappa shape index (κ2) is 6.20. The fourth-order valence-electron chi connectivity index (χ4n) is 2.63. The van der Waals surface area contributed by atoms with E-state index in [0.717, 1.165) is 23.5 Å². The zero-order valence-corrected chi connectivity index (χ0v) is 12.4. The minimum Gasteiger partial charge on any atom is -0.394 e. The molecule has 2 aromatic rings. The summed E-state index contributed by atoms with van der Waals surface area (Å²) in [6.45, 7) is 7.51. The number of aliphatic hydroxyl groups excluding tert-OH is 1. The van der Waals surface area contributed by atoms with E-state index < -0.39 is 5.54 Å². The monoisotopic (exact) mass is 273 g/mol. The van der Waals surface area contributed by atoms with Gasteiger partial charge in [0.05, 0.1) is 24.4 Å². The summed E-state index contributed by atoms with van der Waals surface area (Å²) in [6, 6.07) is 12.1. The molecule has 1 aromatic carbocycles. The van der Waals surface area contributed by atoms with Crippen molar-refractivity contribution in [2.45, 2.75) is 32.9 Å². The van der Waals surface area contributed by atoms with Crippen LogP contribution in [0.15, 0.2) is 36.4 Å². The summed E-state index contributed by atoms with van der Waals surface area (Å²) in [4.78, 5) is 0. The lowest BCUT2D eigenvalue weighted by atomic mass is 9.90. The van der Waals surface area contributed by atoms with E-state index in [-0.39, 0.29) is 6.61 Å². The largest absolute Gasteiger partial charge is 0.394 e. The second-order valence-corrected chi connectivity index (χ2v) is 5.22. The summed E-state index contributed by atoms with van der Waals surface area (Å²) >= 11 is 0. The van der Waals surface area contributed by atoms with Gasteiger partial charge in [-0.05, 0) is 32.0 Å². The van der Waals surface area contributed by atoms with Gasteiger partial charge in [0.25, 0.3) is 0 Å². The molecule has 0 aliphatic rings. The molecule has 1 aromatic heterocycles. The number of aryl methyl sites for hydroxylation is 2. The lowest BCUT2D eigenvalue weighted by molar-refractivity contribution is 0.139. The third-order valence-corrected chi connectivity index (χ3v) is 3.63. The zero-order valence-electron chi connectivity index (χ0n) is 12.4. The summed E-state index contributed by atoms with van der Waals surface area (Å²) < 4.78 is 1.96. The number of hydrogen-bond acceptors (Lipinski definition) is 3. The molecule has 0 fully saturated rings. The normalized spacial score (nSPS) is 14.2. The Morgan fingerprint density at radius 1 is 1.25 bits per heavy atom. The number of hydrogen-bond donors (Lipinski definition) is 2. The Hall–Kier alpha value is -1.65. The van der Waals surface area contributed by atoms with Gasteiger partial charge in [0.15, 0.2) is 0 Å². The molecule has 1 unspecified atom stereocenters. The molecule has 0 spiro atoms. The Morgan fingerprint density at radius 3 is 2.45 bits per heavy atom. The van der Waals surface area contributed by atoms with Crippen LogP contribution in [-0.2, 0) is 12.1 Å². The molecule has 108 valence electrons. The first kappa shape index (κ1) is 14.8. The zero-order chi connectivity index (χ0) is 14.6. The molecule has 0 bridgehead atoms. The van der Waals surface area contributed by atoms with Crippen LogP contribution in [0.5, 0.6) is 0 Å². The average Bonchev–Trinajstić information content (AvgIpc) is 2.77. The molecular weight excluding hydrogens is 250 g/mol. The highest BCUT2D eigenvalue weighted by Gasteiger charge is 2.31. The van der Waals surface area contributed by atoms with Crippen molar-refractivity contribution in [1.29, 1.82) is 0 Å². The van der Waals surface area contributed by atoms with Gasteiger partial charge in [-0.25, -0.2) is 0 Å². The van der Waals surface area contributed by atoms with Crippen molar-refractivity contribution in [2.75, 3.05) is 13.2 Å². The molecule has 0 saturated carbocycles. The summed E-state index contributed by atoms with van der Waals surface area (Å²) in [5.74, 6) is 0. The lowest BCUT2D eigenvalue weighted by Gasteiger charge is -2.33. The number of aromatic nitrogens is 2. The number of likely N-dealkylation sites (N-methyl/N-ethyl adjacent to an activating group) is 1. The van der Waals surface area contributed by atoms with Crippen molar-refractivity contribution in [3.05, 3.63) is 53.3 Å². The summed E-state index contributed by atoms with van der Waals surface area (Å²) in [5.41, 5.74) is 2.68. The van der Waals surface area contributed by atoms with Crippen molar-refractivity contribution < 1.29 is 5.11 Å². The van der Waals surface area contributed by atoms with Crippen LogP contribution < -0.4 is 5.32 Å². The van der Waals surface area contributed by atoms with Crippen LogP contribution >= 0.6 is 0 Å². The molecule has 1 heterocycles. The van der Waals surface area contributed by atoms with E-state index in [1.165, 1.54) is 0 Å². The predicted octanol–water partition coefficient (Wildman–Crippen LogP) is 2.00. The van der Waals surface area contributed by atoms with Gasteiger partial charge in [-0.3, -0.25) is 4.68 Å². The molecule has 2 N–H and O–H groups in total. The molecule has 0 saturated heterocycles. The van der Waals surface area contributed by atoms with E-state index in [1.807, 2.05) is 48.9 Å². The van der Waals surface area contributed by atoms with E-state index in [4.69, 9.17) is 0 Å². The fraction of sp³-hybridized carbons (Fsp3) is 0.438. The first-order valence-corrected chi connectivity index (χ1v) is 7.04. The van der Waals surface area contributed by atoms with Gasteiger partial charge >= 0.3 is 0 Å². The molecule has 4 nitrogen and oxygen atoms in total. The Morgan fingerprint density at radius 2 is 1.95 bits per heavy atom. The summed E-state index contributed by atoms with van der Waals surface area (Å²) in [5, 5.41) is 18.0. The SMILES string of the molecule is CCNC(CO)(Cn1nc(C)cc1C)c1ccccc1. The first-order chi connectivity index (χ1) is 9.61. The molecule has 0 aliphatic heterocycles. The molecule has 0 aliphatic carbocycles. The van der Waals surface area contributed by atoms with Crippen LogP contribution in [-0.4, -0.2) is 28.0 Å². The van der Waals surface area contributed by atoms with Gasteiger partial charge < -0.3 is 10.4 Å². The highest BCUT2D eigenvalue weighted by atomic mass is 16.3. The lowest BCUT2D eigenvalue weighted by Crippen LogP contribution is -2.49. The van der Waals surface area contributed by atoms with Gasteiger partial charge in [-0.15, -0.1) is 0 Å². The highest BCUT2D eigenvalue weighted by Crippen LogP contribution is 2.23. The van der Waals surface area contributed by atoms with Crippen LogP contribution in [0.3, 0.4) is 0 Å². The van der Waals surface area contributed by atoms with Crippen molar-refractivity contribution in [3.8, 4) is 0 Å². The maximum absolute atomic E-state index is 10.0. The average molecular weight is 273 g/mol. The van der Waals surface area contributed by atoms with E-state index in [9.17, 15) is 5.11 Å². The molecule has 0 radical (unpaired) electrons. The Balaban J connectivity index is 2.39. The van der Waals surface area contributed by atoms with E-state index >= 15 is 0 Å². The molecule has 20 heavy (non-hydrogen) atoms. The summed E-state index contributed by atoms with van der Waals surface area (Å²) in [7, 11) is 0. The van der Waals surface area contributed by atoms with Crippen LogP contribution in [0.2, 0.25) is 0 Å². The third-order valence-electron chi connectivity index (χ3n) is 3.63. The number of nitrogens with one attached hydrogen (secondary N) is 1. The Labute approximate surface area is 120 Å². The Kier molecular flexibility index (Phi) is 4.57. The van der Waals surface area contributed by atoms with E-state index in [1.54, 1.807) is 0 Å². The van der Waals surface area contributed by atoms with E-state index in [2.05, 4.69) is 23.4 Å². The van der Waals surface area contributed by atoms with Crippen LogP contribution in [0.1, 0.15) is 23.9 Å². The van der Waals surface area contributed by atoms with Crippen LogP contribution in [0, 0.1) is 13.8 Å². The molecule has 0 amide bonds. The standard InChI is InChI=1S/C16H23N3O/c1-4-17-16(12-20,15-8-6-5-7-9-15)11-19-14(3)10-13(2)18-19/h5-10,17,20H,4,11-12H2,1-3H3. The second-order valence-electron chi connectivity index (χ2n) is 5.22. The van der Waals surface area contributed by atoms with Crippen molar-refractivity contribution in [1.82, 2.24) is 15.1 Å². The highest BCUT2D eigenvalue weighted by molar-refractivity contribution is 5.25. The molecule has 2 rings (SSSR count). The number of aliphatic hydroxyl groups is 1. The van der Waals surface area contributed by atoms with Gasteiger partial charge in [0, 0.05) is 5.69 Å². The number of benzene rings is 1. The van der Waals surface area contributed by atoms with E-state index in [0.29, 0.717) is 6.54 Å². The third kappa shape index (κ3) is 2.92. The van der Waals surface area contributed by atoms with Crippen molar-refractivity contribution >= 4 is 0 Å². The topological polar surface area (TPSA) is 50.1 Å². The maximum atomic E-state index is 10.0. The Bertz CT molecular complexity index is 550. The van der Waals surface area contributed by atoms with Gasteiger partial charge in [0.2, 0.25) is 0 Å². The van der Waals surface area contributed by atoms with Crippen LogP contribution in [0.25, 0.3) is 0 Å². The van der Waals surface area contributed by atoms with Crippen molar-refractivity contribution in [3.63, 3.8) is 0 Å². The van der Waals surface area contributed by atoms with Gasteiger partial charge in [0.1, 0.15) is 0 Å². The smallest absolute Gasteiger partial charge is 0.0867 e.